The smallest absolute Gasteiger partial charge is 0.338 e. The van der Waals surface area contributed by atoms with Gasteiger partial charge in [-0.05, 0) is 49.9 Å². The Morgan fingerprint density at radius 2 is 2.26 bits per heavy atom. The van der Waals surface area contributed by atoms with Gasteiger partial charge in [0.2, 0.25) is 0 Å². The van der Waals surface area contributed by atoms with Crippen LogP contribution in [0.3, 0.4) is 0 Å². The molecule has 0 atom stereocenters. The topological polar surface area (TPSA) is 39.2 Å². The number of rotatable bonds is 2. The summed E-state index contributed by atoms with van der Waals surface area (Å²) < 4.78 is 5.01. The lowest BCUT2D eigenvalue weighted by molar-refractivity contribution is 0.0526. The maximum atomic E-state index is 11.7. The van der Waals surface area contributed by atoms with Gasteiger partial charge in [0.25, 0.3) is 0 Å². The molecule has 1 aliphatic carbocycles. The Hall–Kier alpha value is -1.61. The number of carbonyl (C=O) groups excluding carboxylic acids is 1. The van der Waals surface area contributed by atoms with Gasteiger partial charge in [-0.15, -0.1) is 0 Å². The highest BCUT2D eigenvalue weighted by Crippen LogP contribution is 2.33. The minimum absolute atomic E-state index is 0.319. The zero-order valence-electron chi connectivity index (χ0n) is 10.7. The second kappa shape index (κ2) is 4.82. The van der Waals surface area contributed by atoms with E-state index in [1.54, 1.807) is 19.1 Å². The number of pyridine rings is 1. The number of fused-ring (bicyclic) bond motifs is 2. The molecule has 3 nitrogen and oxygen atoms in total. The van der Waals surface area contributed by atoms with Crippen molar-refractivity contribution in [3.05, 3.63) is 40.0 Å². The fourth-order valence-corrected chi connectivity index (χ4v) is 2.90. The second-order valence-corrected chi connectivity index (χ2v) is 5.03. The summed E-state index contributed by atoms with van der Waals surface area (Å²) >= 11 is 6.45. The first-order chi connectivity index (χ1) is 9.20. The summed E-state index contributed by atoms with van der Waals surface area (Å²) in [5, 5.41) is 1.58. The molecule has 1 aromatic carbocycles. The van der Waals surface area contributed by atoms with E-state index in [1.807, 2.05) is 6.07 Å². The van der Waals surface area contributed by atoms with Crippen molar-refractivity contribution in [2.75, 3.05) is 6.61 Å². The molecule has 0 saturated heterocycles. The molecular weight excluding hydrogens is 262 g/mol. The van der Waals surface area contributed by atoms with Gasteiger partial charge in [0.1, 0.15) is 0 Å². The number of carbonyl (C=O) groups is 1. The molecule has 98 valence electrons. The number of halogens is 1. The minimum atomic E-state index is -0.319. The number of ether oxygens (including phenoxy) is 1. The highest BCUT2D eigenvalue weighted by atomic mass is 35.5. The first-order valence-electron chi connectivity index (χ1n) is 6.49. The summed E-state index contributed by atoms with van der Waals surface area (Å²) in [5.41, 5.74) is 3.60. The van der Waals surface area contributed by atoms with Crippen LogP contribution in [0.1, 0.15) is 35.0 Å². The number of aromatic nitrogens is 1. The molecule has 4 heteroatoms. The van der Waals surface area contributed by atoms with Crippen molar-refractivity contribution in [2.24, 2.45) is 0 Å². The van der Waals surface area contributed by atoms with Crippen LogP contribution in [0.2, 0.25) is 5.02 Å². The van der Waals surface area contributed by atoms with Crippen LogP contribution in [0.4, 0.5) is 0 Å². The van der Waals surface area contributed by atoms with Crippen LogP contribution in [-0.4, -0.2) is 17.6 Å². The van der Waals surface area contributed by atoms with Gasteiger partial charge in [0, 0.05) is 11.1 Å². The largest absolute Gasteiger partial charge is 0.462 e. The maximum absolute atomic E-state index is 11.7. The molecule has 0 amide bonds. The van der Waals surface area contributed by atoms with E-state index in [4.69, 9.17) is 16.3 Å². The summed E-state index contributed by atoms with van der Waals surface area (Å²) in [6, 6.07) is 5.36. The predicted molar refractivity (Wildman–Crippen MR) is 74.7 cm³/mol. The van der Waals surface area contributed by atoms with E-state index in [-0.39, 0.29) is 5.97 Å². The summed E-state index contributed by atoms with van der Waals surface area (Å²) in [7, 11) is 0. The Morgan fingerprint density at radius 1 is 1.42 bits per heavy atom. The molecule has 1 aliphatic rings. The normalized spacial score (nSPS) is 13.6. The summed E-state index contributed by atoms with van der Waals surface area (Å²) in [4.78, 5) is 16.4. The van der Waals surface area contributed by atoms with E-state index in [0.29, 0.717) is 12.2 Å². The van der Waals surface area contributed by atoms with E-state index in [1.165, 1.54) is 0 Å². The molecule has 1 heterocycles. The fourth-order valence-electron chi connectivity index (χ4n) is 2.55. The van der Waals surface area contributed by atoms with Gasteiger partial charge in [-0.2, -0.15) is 0 Å². The third-order valence-electron chi connectivity index (χ3n) is 3.45. The molecule has 0 fully saturated rings. The standard InChI is InChI=1S/C15H14ClNO2/c1-2-19-15(18)9-6-7-13-11(8-9)14(16)10-4-3-5-12(10)17-13/h6-8H,2-5H2,1H3. The molecule has 0 N–H and O–H groups in total. The van der Waals surface area contributed by atoms with E-state index in [9.17, 15) is 4.79 Å². The third-order valence-corrected chi connectivity index (χ3v) is 3.88. The number of aryl methyl sites for hydroxylation is 1. The van der Waals surface area contributed by atoms with Crippen LogP contribution in [0.5, 0.6) is 0 Å². The Balaban J connectivity index is 2.15. The highest BCUT2D eigenvalue weighted by Gasteiger charge is 2.19. The van der Waals surface area contributed by atoms with Gasteiger partial charge >= 0.3 is 5.97 Å². The average molecular weight is 276 g/mol. The van der Waals surface area contributed by atoms with Crippen molar-refractivity contribution < 1.29 is 9.53 Å². The Morgan fingerprint density at radius 3 is 3.05 bits per heavy atom. The number of hydrogen-bond acceptors (Lipinski definition) is 3. The summed E-state index contributed by atoms with van der Waals surface area (Å²) in [6.45, 7) is 2.16. The van der Waals surface area contributed by atoms with Gasteiger partial charge in [-0.3, -0.25) is 4.98 Å². The first kappa shape index (κ1) is 12.4. The average Bonchev–Trinajstić information content (AvgIpc) is 2.87. The minimum Gasteiger partial charge on any atom is -0.462 e. The van der Waals surface area contributed by atoms with Crippen LogP contribution < -0.4 is 0 Å². The summed E-state index contributed by atoms with van der Waals surface area (Å²) in [5.74, 6) is -0.319. The lowest BCUT2D eigenvalue weighted by atomic mass is 10.1. The van der Waals surface area contributed by atoms with Gasteiger partial charge in [0.05, 0.1) is 22.7 Å². The number of hydrogen-bond donors (Lipinski definition) is 0. The van der Waals surface area contributed by atoms with Gasteiger partial charge in [-0.25, -0.2) is 4.79 Å². The molecule has 0 unspecified atom stereocenters. The van der Waals surface area contributed by atoms with Crippen molar-refractivity contribution >= 4 is 28.5 Å². The monoisotopic (exact) mass is 275 g/mol. The van der Waals surface area contributed by atoms with Gasteiger partial charge in [-0.1, -0.05) is 11.6 Å². The molecule has 19 heavy (non-hydrogen) atoms. The van der Waals surface area contributed by atoms with Crippen LogP contribution >= 0.6 is 11.6 Å². The molecular formula is C15H14ClNO2. The van der Waals surface area contributed by atoms with Crippen molar-refractivity contribution in [2.45, 2.75) is 26.2 Å². The van der Waals surface area contributed by atoms with E-state index < -0.39 is 0 Å². The number of esters is 1. The SMILES string of the molecule is CCOC(=O)c1ccc2nc3c(c(Cl)c2c1)CCC3. The Bertz CT molecular complexity index is 667. The van der Waals surface area contributed by atoms with Crippen molar-refractivity contribution in [3.63, 3.8) is 0 Å². The molecule has 0 spiro atoms. The predicted octanol–water partition coefficient (Wildman–Crippen LogP) is 3.55. The Labute approximate surface area is 116 Å². The lowest BCUT2D eigenvalue weighted by Crippen LogP contribution is -2.04. The zero-order valence-corrected chi connectivity index (χ0v) is 11.5. The molecule has 0 saturated carbocycles. The van der Waals surface area contributed by atoms with E-state index >= 15 is 0 Å². The number of nitrogens with zero attached hydrogens (tertiary/aromatic N) is 1. The van der Waals surface area contributed by atoms with Crippen molar-refractivity contribution in [3.8, 4) is 0 Å². The van der Waals surface area contributed by atoms with Gasteiger partial charge < -0.3 is 4.74 Å². The third kappa shape index (κ3) is 2.08. The van der Waals surface area contributed by atoms with Gasteiger partial charge in [0.15, 0.2) is 0 Å². The van der Waals surface area contributed by atoms with Crippen LogP contribution in [0, 0.1) is 0 Å². The molecule has 0 radical (unpaired) electrons. The quantitative estimate of drug-likeness (QED) is 0.787. The second-order valence-electron chi connectivity index (χ2n) is 4.66. The zero-order chi connectivity index (χ0) is 13.4. The maximum Gasteiger partial charge on any atom is 0.338 e. The molecule has 0 aliphatic heterocycles. The van der Waals surface area contributed by atoms with E-state index in [0.717, 1.165) is 46.4 Å². The summed E-state index contributed by atoms with van der Waals surface area (Å²) in [6.07, 6.45) is 3.06. The molecule has 1 aromatic heterocycles. The van der Waals surface area contributed by atoms with Crippen molar-refractivity contribution in [1.29, 1.82) is 0 Å². The molecule has 0 bridgehead atoms. The van der Waals surface area contributed by atoms with Crippen LogP contribution in [0.25, 0.3) is 10.9 Å². The molecule has 3 rings (SSSR count). The Kier molecular flexibility index (Phi) is 3.15. The van der Waals surface area contributed by atoms with E-state index in [2.05, 4.69) is 4.98 Å². The van der Waals surface area contributed by atoms with Crippen molar-refractivity contribution in [1.82, 2.24) is 4.98 Å². The first-order valence-corrected chi connectivity index (χ1v) is 6.86. The lowest BCUT2D eigenvalue weighted by Gasteiger charge is -2.08. The highest BCUT2D eigenvalue weighted by molar-refractivity contribution is 6.36. The fraction of sp³-hybridized carbons (Fsp3) is 0.333. The number of benzene rings is 1. The van der Waals surface area contributed by atoms with Crippen LogP contribution in [0.15, 0.2) is 18.2 Å². The van der Waals surface area contributed by atoms with Crippen LogP contribution in [-0.2, 0) is 17.6 Å². The molecule has 2 aromatic rings.